The van der Waals surface area contributed by atoms with Crippen molar-refractivity contribution in [1.29, 1.82) is 0 Å². The number of hydrogen-bond donors (Lipinski definition) is 0. The van der Waals surface area contributed by atoms with E-state index in [-0.39, 0.29) is 6.61 Å². The summed E-state index contributed by atoms with van der Waals surface area (Å²) in [6.07, 6.45) is 0. The molecule has 0 bridgehead atoms. The van der Waals surface area contributed by atoms with Crippen LogP contribution in [-0.4, -0.2) is 26.9 Å². The summed E-state index contributed by atoms with van der Waals surface area (Å²) in [5, 5.41) is 4.49. The molecule has 0 aliphatic rings. The van der Waals surface area contributed by atoms with Crippen molar-refractivity contribution >= 4 is 11.6 Å². The third-order valence-electron chi connectivity index (χ3n) is 2.16. The first-order chi connectivity index (χ1) is 8.58. The molecule has 96 valence electrons. The average molecular weight is 269 g/mol. The lowest BCUT2D eigenvalue weighted by Crippen LogP contribution is -2.01. The van der Waals surface area contributed by atoms with E-state index in [4.69, 9.17) is 21.1 Å². The molecule has 18 heavy (non-hydrogen) atoms. The van der Waals surface area contributed by atoms with Gasteiger partial charge in [-0.15, -0.1) is 0 Å². The summed E-state index contributed by atoms with van der Waals surface area (Å²) in [7, 11) is 3.36. The van der Waals surface area contributed by atoms with E-state index in [0.717, 1.165) is 5.69 Å². The highest BCUT2D eigenvalue weighted by Gasteiger charge is 2.08. The van der Waals surface area contributed by atoms with Crippen molar-refractivity contribution in [2.75, 3.05) is 7.11 Å². The van der Waals surface area contributed by atoms with Crippen LogP contribution < -0.4 is 4.74 Å². The Morgan fingerprint density at radius 1 is 1.33 bits per heavy atom. The molecule has 0 aliphatic heterocycles. The number of rotatable bonds is 4. The summed E-state index contributed by atoms with van der Waals surface area (Å²) in [4.78, 5) is 8.20. The van der Waals surface area contributed by atoms with Gasteiger partial charge in [0.1, 0.15) is 11.8 Å². The third-order valence-corrected chi connectivity index (χ3v) is 2.35. The van der Waals surface area contributed by atoms with Crippen molar-refractivity contribution in [2.45, 2.75) is 13.5 Å². The minimum atomic E-state index is 0.279. The zero-order chi connectivity index (χ0) is 13.1. The second-order valence-electron chi connectivity index (χ2n) is 3.73. The molecule has 0 saturated carbocycles. The van der Waals surface area contributed by atoms with Gasteiger partial charge in [-0.1, -0.05) is 11.6 Å². The Balaban J connectivity index is 2.25. The van der Waals surface area contributed by atoms with Crippen molar-refractivity contribution in [3.05, 3.63) is 28.8 Å². The van der Waals surface area contributed by atoms with Gasteiger partial charge in [0, 0.05) is 26.3 Å². The molecule has 2 aromatic heterocycles. The summed E-state index contributed by atoms with van der Waals surface area (Å²) >= 11 is 5.89. The van der Waals surface area contributed by atoms with E-state index < -0.39 is 0 Å². The molecule has 0 N–H and O–H groups in total. The van der Waals surface area contributed by atoms with Crippen LogP contribution in [0.15, 0.2) is 12.1 Å². The van der Waals surface area contributed by atoms with Crippen molar-refractivity contribution in [3.8, 4) is 11.8 Å². The normalized spacial score (nSPS) is 10.7. The van der Waals surface area contributed by atoms with Gasteiger partial charge in [-0.25, -0.2) is 9.67 Å². The number of aryl methyl sites for hydroxylation is 2. The molecule has 0 fully saturated rings. The number of nitrogens with zero attached hydrogens (tertiary/aromatic N) is 4. The number of hydrogen-bond acceptors (Lipinski definition) is 5. The summed E-state index contributed by atoms with van der Waals surface area (Å²) in [6, 6.07) is 3.36. The summed E-state index contributed by atoms with van der Waals surface area (Å²) in [5.41, 5.74) is 0.866. The SMILES string of the molecule is COCc1nc(Cl)cc(Oc2cc(C)nn2C)n1. The first-order valence-corrected chi connectivity index (χ1v) is 5.67. The fourth-order valence-electron chi connectivity index (χ4n) is 1.48. The van der Waals surface area contributed by atoms with Gasteiger partial charge < -0.3 is 9.47 Å². The zero-order valence-electron chi connectivity index (χ0n) is 10.3. The van der Waals surface area contributed by atoms with Crippen LogP contribution in [-0.2, 0) is 18.4 Å². The monoisotopic (exact) mass is 268 g/mol. The Labute approximate surface area is 110 Å². The van der Waals surface area contributed by atoms with Crippen LogP contribution in [0.5, 0.6) is 11.8 Å². The highest BCUT2D eigenvalue weighted by molar-refractivity contribution is 6.29. The highest BCUT2D eigenvalue weighted by Crippen LogP contribution is 2.22. The third kappa shape index (κ3) is 2.96. The molecule has 0 aliphatic carbocycles. The molecule has 2 aromatic rings. The molecule has 6 nitrogen and oxygen atoms in total. The molecule has 0 spiro atoms. The largest absolute Gasteiger partial charge is 0.421 e. The van der Waals surface area contributed by atoms with Gasteiger partial charge in [0.05, 0.1) is 5.69 Å². The molecule has 2 rings (SSSR count). The summed E-state index contributed by atoms with van der Waals surface area (Å²) < 4.78 is 12.2. The predicted molar refractivity (Wildman–Crippen MR) is 65.8 cm³/mol. The van der Waals surface area contributed by atoms with Crippen LogP contribution in [0.1, 0.15) is 11.5 Å². The van der Waals surface area contributed by atoms with Crippen LogP contribution in [0, 0.1) is 6.92 Å². The van der Waals surface area contributed by atoms with Crippen molar-refractivity contribution in [2.24, 2.45) is 7.05 Å². The molecule has 0 unspecified atom stereocenters. The maximum absolute atomic E-state index is 5.89. The van der Waals surface area contributed by atoms with Crippen LogP contribution in [0.2, 0.25) is 5.15 Å². The minimum absolute atomic E-state index is 0.279. The quantitative estimate of drug-likeness (QED) is 0.795. The lowest BCUT2D eigenvalue weighted by atomic mass is 10.5. The maximum Gasteiger partial charge on any atom is 0.226 e. The maximum atomic E-state index is 5.89. The smallest absolute Gasteiger partial charge is 0.226 e. The lowest BCUT2D eigenvalue weighted by Gasteiger charge is -2.06. The molecule has 0 aromatic carbocycles. The van der Waals surface area contributed by atoms with Gasteiger partial charge in [-0.3, -0.25) is 0 Å². The van der Waals surface area contributed by atoms with Gasteiger partial charge in [0.2, 0.25) is 11.8 Å². The van der Waals surface area contributed by atoms with E-state index in [2.05, 4.69) is 15.1 Å². The average Bonchev–Trinajstić information content (AvgIpc) is 2.57. The van der Waals surface area contributed by atoms with Crippen LogP contribution in [0.4, 0.5) is 0 Å². The molecule has 0 saturated heterocycles. The standard InChI is InChI=1S/C11H13ClN4O2/c1-7-4-11(16(2)15-7)18-10-5-8(12)13-9(14-10)6-17-3/h4-5H,6H2,1-3H3. The zero-order valence-corrected chi connectivity index (χ0v) is 11.1. The molecular weight excluding hydrogens is 256 g/mol. The topological polar surface area (TPSA) is 62.1 Å². The Hall–Kier alpha value is -1.66. The molecule has 0 radical (unpaired) electrons. The minimum Gasteiger partial charge on any atom is -0.421 e. The number of aromatic nitrogens is 4. The first-order valence-electron chi connectivity index (χ1n) is 5.29. The molecular formula is C11H13ClN4O2. The van der Waals surface area contributed by atoms with Crippen molar-refractivity contribution in [3.63, 3.8) is 0 Å². The van der Waals surface area contributed by atoms with Crippen LogP contribution in [0.25, 0.3) is 0 Å². The van der Waals surface area contributed by atoms with E-state index in [9.17, 15) is 0 Å². The molecule has 2 heterocycles. The van der Waals surface area contributed by atoms with Gasteiger partial charge in [0.25, 0.3) is 0 Å². The first kappa shape index (κ1) is 12.8. The summed E-state index contributed by atoms with van der Waals surface area (Å²) in [6.45, 7) is 2.16. The Kier molecular flexibility index (Phi) is 3.78. The molecule has 7 heteroatoms. The van der Waals surface area contributed by atoms with E-state index in [1.54, 1.807) is 24.9 Å². The Morgan fingerprint density at radius 2 is 2.11 bits per heavy atom. The number of halogens is 1. The Morgan fingerprint density at radius 3 is 2.72 bits per heavy atom. The Bertz CT molecular complexity index is 556. The van der Waals surface area contributed by atoms with E-state index in [1.807, 2.05) is 13.0 Å². The van der Waals surface area contributed by atoms with Crippen molar-refractivity contribution < 1.29 is 9.47 Å². The van der Waals surface area contributed by atoms with Crippen LogP contribution >= 0.6 is 11.6 Å². The van der Waals surface area contributed by atoms with E-state index >= 15 is 0 Å². The van der Waals surface area contributed by atoms with Gasteiger partial charge >= 0.3 is 0 Å². The van der Waals surface area contributed by atoms with E-state index in [1.165, 1.54) is 0 Å². The van der Waals surface area contributed by atoms with E-state index in [0.29, 0.717) is 22.7 Å². The molecule has 0 amide bonds. The second kappa shape index (κ2) is 5.32. The predicted octanol–water partition coefficient (Wildman–Crippen LogP) is 2.11. The second-order valence-corrected chi connectivity index (χ2v) is 4.12. The highest BCUT2D eigenvalue weighted by atomic mass is 35.5. The van der Waals surface area contributed by atoms with Gasteiger partial charge in [-0.2, -0.15) is 10.1 Å². The van der Waals surface area contributed by atoms with Crippen LogP contribution in [0.3, 0.4) is 0 Å². The number of ether oxygens (including phenoxy) is 2. The van der Waals surface area contributed by atoms with Crippen molar-refractivity contribution in [1.82, 2.24) is 19.7 Å². The summed E-state index contributed by atoms with van der Waals surface area (Å²) in [5.74, 6) is 1.43. The van der Waals surface area contributed by atoms with Gasteiger partial charge in [0.15, 0.2) is 5.82 Å². The fraction of sp³-hybridized carbons (Fsp3) is 0.364. The lowest BCUT2D eigenvalue weighted by molar-refractivity contribution is 0.177. The molecule has 0 atom stereocenters. The fourth-order valence-corrected chi connectivity index (χ4v) is 1.67. The number of methoxy groups -OCH3 is 1. The van der Waals surface area contributed by atoms with Gasteiger partial charge in [-0.05, 0) is 6.92 Å².